The van der Waals surface area contributed by atoms with Crippen LogP contribution in [0.25, 0.3) is 0 Å². The summed E-state index contributed by atoms with van der Waals surface area (Å²) in [5.74, 6) is -2.28. The quantitative estimate of drug-likeness (QED) is 0.132. The zero-order chi connectivity index (χ0) is 32.0. The first kappa shape index (κ1) is 32.3. The molecule has 2 unspecified atom stereocenters. The second-order valence-corrected chi connectivity index (χ2v) is 11.4. The number of tetrazole rings is 1. The number of β-lactam (4-membered cyclic amide) rings is 1. The summed E-state index contributed by atoms with van der Waals surface area (Å²) in [6, 6.07) is 4.48. The van der Waals surface area contributed by atoms with Crippen LogP contribution in [-0.2, 0) is 35.7 Å². The molecule has 1 aromatic carbocycles. The maximum absolute atomic E-state index is 13.5. The van der Waals surface area contributed by atoms with Crippen LogP contribution < -0.4 is 16.0 Å². The van der Waals surface area contributed by atoms with Gasteiger partial charge < -0.3 is 25.4 Å². The molecule has 3 heterocycles. The fraction of sp³-hybridized carbons (Fsp3) is 0.400. The molecule has 0 spiro atoms. The number of hydrogen-bond acceptors (Lipinski definition) is 13. The number of aryl methyl sites for hydroxylation is 1. The lowest BCUT2D eigenvalue weighted by atomic mass is 10.0. The summed E-state index contributed by atoms with van der Waals surface area (Å²) < 4.78 is 11.3. The standard InChI is InChI=1S/C25H29N9O8S2/c1-13(35)41-12-42-22(38)18-15(11-44-25-29-30-31-33(25)4)10-43-21-17(20(37)34(18)21)27-19(36)16(14-8-6-5-7-9-14)28-24(40)32(3)23(39)26-2/h5-9,16-17,21H,10-12H2,1-4H3,(H,26,39)(H,27,36)(H,28,40)/t16?,17?,21-/m0/s1. The van der Waals surface area contributed by atoms with Crippen molar-refractivity contribution in [2.45, 2.75) is 29.5 Å². The van der Waals surface area contributed by atoms with E-state index in [2.05, 4.69) is 31.5 Å². The second-order valence-electron chi connectivity index (χ2n) is 9.31. The highest BCUT2D eigenvalue weighted by atomic mass is 32.2. The van der Waals surface area contributed by atoms with Crippen molar-refractivity contribution in [1.29, 1.82) is 0 Å². The molecule has 1 aromatic heterocycles. The van der Waals surface area contributed by atoms with Crippen molar-refractivity contribution in [3.63, 3.8) is 0 Å². The monoisotopic (exact) mass is 647 g/mol. The van der Waals surface area contributed by atoms with Crippen LogP contribution in [0.15, 0.2) is 46.8 Å². The van der Waals surface area contributed by atoms with Gasteiger partial charge in [0.1, 0.15) is 23.2 Å². The topological polar surface area (TPSA) is 207 Å². The van der Waals surface area contributed by atoms with E-state index < -0.39 is 60.1 Å². The molecule has 0 bridgehead atoms. The molecular formula is C25H29N9O8S2. The van der Waals surface area contributed by atoms with E-state index in [0.717, 1.165) is 11.8 Å². The number of rotatable bonds is 10. The van der Waals surface area contributed by atoms with Gasteiger partial charge in [0.05, 0.1) is 0 Å². The zero-order valence-electron chi connectivity index (χ0n) is 24.0. The number of imide groups is 1. The first-order valence-corrected chi connectivity index (χ1v) is 15.0. The SMILES string of the molecule is CNC(=O)N(C)C(=O)NC(C(=O)NC1C(=O)N2C(C(=O)OCOC(C)=O)=C(CSc3nnnn3C)CS[C@@H]12)c1ccccc1. The minimum absolute atomic E-state index is 0.0286. The highest BCUT2D eigenvalue weighted by molar-refractivity contribution is 8.01. The largest absolute Gasteiger partial charge is 0.428 e. The number of hydrogen-bond donors (Lipinski definition) is 3. The van der Waals surface area contributed by atoms with Crippen molar-refractivity contribution in [1.82, 2.24) is 46.0 Å². The van der Waals surface area contributed by atoms with Gasteiger partial charge in [-0.3, -0.25) is 19.3 Å². The molecule has 4 rings (SSSR count). The lowest BCUT2D eigenvalue weighted by Crippen LogP contribution is -2.71. The summed E-state index contributed by atoms with van der Waals surface area (Å²) >= 11 is 2.56. The minimum Gasteiger partial charge on any atom is -0.428 e. The lowest BCUT2D eigenvalue weighted by Gasteiger charge is -2.50. The Morgan fingerprint density at radius 2 is 1.89 bits per heavy atom. The van der Waals surface area contributed by atoms with Gasteiger partial charge in [0.15, 0.2) is 0 Å². The minimum atomic E-state index is -1.25. The highest BCUT2D eigenvalue weighted by Crippen LogP contribution is 2.42. The van der Waals surface area contributed by atoms with Crippen LogP contribution in [0, 0.1) is 0 Å². The third-order valence-corrected chi connectivity index (χ3v) is 8.87. The summed E-state index contributed by atoms with van der Waals surface area (Å²) in [6.45, 7) is 0.513. The zero-order valence-corrected chi connectivity index (χ0v) is 25.6. The van der Waals surface area contributed by atoms with Crippen molar-refractivity contribution >= 4 is 59.3 Å². The fourth-order valence-corrected chi connectivity index (χ4v) is 6.51. The molecule has 2 aromatic rings. The van der Waals surface area contributed by atoms with E-state index in [1.54, 1.807) is 37.4 Å². The number of amides is 6. The molecule has 2 aliphatic heterocycles. The number of nitrogens with zero attached hydrogens (tertiary/aromatic N) is 6. The normalized spacial score (nSPS) is 17.9. The van der Waals surface area contributed by atoms with Gasteiger partial charge in [-0.05, 0) is 21.6 Å². The molecule has 1 fully saturated rings. The number of urea groups is 2. The maximum Gasteiger partial charge on any atom is 0.357 e. The van der Waals surface area contributed by atoms with Crippen LogP contribution in [0.1, 0.15) is 18.5 Å². The molecule has 3 N–H and O–H groups in total. The number of ether oxygens (including phenoxy) is 2. The fourth-order valence-electron chi connectivity index (χ4n) is 4.17. The molecule has 2 aliphatic rings. The predicted octanol–water partition coefficient (Wildman–Crippen LogP) is -0.258. The Morgan fingerprint density at radius 3 is 2.52 bits per heavy atom. The van der Waals surface area contributed by atoms with Crippen LogP contribution in [0.4, 0.5) is 9.59 Å². The smallest absolute Gasteiger partial charge is 0.357 e. The van der Waals surface area contributed by atoms with Crippen molar-refractivity contribution < 1.29 is 38.2 Å². The van der Waals surface area contributed by atoms with Gasteiger partial charge in [0.2, 0.25) is 17.9 Å². The van der Waals surface area contributed by atoms with Gasteiger partial charge >= 0.3 is 24.0 Å². The van der Waals surface area contributed by atoms with Gasteiger partial charge in [-0.1, -0.05) is 42.1 Å². The first-order valence-electron chi connectivity index (χ1n) is 13.0. The highest BCUT2D eigenvalue weighted by Gasteiger charge is 2.55. The molecule has 6 amide bonds. The van der Waals surface area contributed by atoms with Gasteiger partial charge in [0, 0.05) is 39.6 Å². The molecule has 17 nitrogen and oxygen atoms in total. The Bertz CT molecular complexity index is 1480. The Hall–Kier alpha value is -4.65. The number of benzene rings is 1. The Balaban J connectivity index is 1.53. The maximum atomic E-state index is 13.5. The van der Waals surface area contributed by atoms with Crippen molar-refractivity contribution in [3.8, 4) is 0 Å². The van der Waals surface area contributed by atoms with Crippen LogP contribution in [0.5, 0.6) is 0 Å². The third kappa shape index (κ3) is 7.10. The van der Waals surface area contributed by atoms with Crippen LogP contribution in [-0.4, -0.2) is 110 Å². The summed E-state index contributed by atoms with van der Waals surface area (Å²) in [5.41, 5.74) is 0.937. The first-order chi connectivity index (χ1) is 21.0. The molecule has 0 radical (unpaired) electrons. The van der Waals surface area contributed by atoms with Gasteiger partial charge in [0.25, 0.3) is 5.91 Å². The number of carbonyl (C=O) groups is 6. The van der Waals surface area contributed by atoms with E-state index in [1.807, 2.05) is 0 Å². The van der Waals surface area contributed by atoms with E-state index in [4.69, 9.17) is 9.47 Å². The van der Waals surface area contributed by atoms with Crippen LogP contribution in [0.2, 0.25) is 0 Å². The Kier molecular flexibility index (Phi) is 10.4. The summed E-state index contributed by atoms with van der Waals surface area (Å²) in [7, 11) is 4.26. The molecule has 0 saturated carbocycles. The van der Waals surface area contributed by atoms with E-state index in [9.17, 15) is 28.8 Å². The lowest BCUT2D eigenvalue weighted by molar-refractivity contribution is -0.166. The molecule has 234 valence electrons. The van der Waals surface area contributed by atoms with Crippen molar-refractivity contribution in [3.05, 3.63) is 47.2 Å². The number of esters is 2. The Labute approximate surface area is 259 Å². The van der Waals surface area contributed by atoms with E-state index in [-0.39, 0.29) is 11.4 Å². The molecule has 3 atom stereocenters. The van der Waals surface area contributed by atoms with E-state index in [0.29, 0.717) is 22.0 Å². The molecular weight excluding hydrogens is 618 g/mol. The number of aromatic nitrogens is 4. The third-order valence-electron chi connectivity index (χ3n) is 6.43. The van der Waals surface area contributed by atoms with Crippen molar-refractivity contribution in [2.24, 2.45) is 7.05 Å². The Morgan fingerprint density at radius 1 is 1.16 bits per heavy atom. The average molecular weight is 648 g/mol. The predicted molar refractivity (Wildman–Crippen MR) is 154 cm³/mol. The number of fused-ring (bicyclic) bond motifs is 1. The number of thioether (sulfide) groups is 2. The molecule has 19 heteroatoms. The van der Waals surface area contributed by atoms with Crippen molar-refractivity contribution in [2.75, 3.05) is 32.4 Å². The van der Waals surface area contributed by atoms with E-state index >= 15 is 0 Å². The molecule has 1 saturated heterocycles. The number of nitrogens with one attached hydrogen (secondary N) is 3. The number of carbonyl (C=O) groups excluding carboxylic acids is 6. The van der Waals surface area contributed by atoms with Crippen LogP contribution in [0.3, 0.4) is 0 Å². The summed E-state index contributed by atoms with van der Waals surface area (Å²) in [6.07, 6.45) is 0. The van der Waals surface area contributed by atoms with Gasteiger partial charge in [-0.15, -0.1) is 16.9 Å². The summed E-state index contributed by atoms with van der Waals surface area (Å²) in [4.78, 5) is 77.9. The van der Waals surface area contributed by atoms with Gasteiger partial charge in [-0.25, -0.2) is 24.0 Å². The van der Waals surface area contributed by atoms with Gasteiger partial charge in [-0.2, -0.15) is 0 Å². The molecule has 44 heavy (non-hydrogen) atoms. The summed E-state index contributed by atoms with van der Waals surface area (Å²) in [5, 5.41) is 18.6. The average Bonchev–Trinajstić information content (AvgIpc) is 3.44. The van der Waals surface area contributed by atoms with Crippen LogP contribution >= 0.6 is 23.5 Å². The second kappa shape index (κ2) is 14.2. The molecule has 0 aliphatic carbocycles. The van der Waals surface area contributed by atoms with E-state index in [1.165, 1.54) is 47.2 Å².